The van der Waals surface area contributed by atoms with Gasteiger partial charge in [-0.1, -0.05) is 23.7 Å². The Morgan fingerprint density at radius 3 is 2.79 bits per heavy atom. The predicted octanol–water partition coefficient (Wildman–Crippen LogP) is 2.78. The van der Waals surface area contributed by atoms with Crippen LogP contribution in [0.3, 0.4) is 0 Å². The van der Waals surface area contributed by atoms with E-state index >= 15 is 0 Å². The van der Waals surface area contributed by atoms with Gasteiger partial charge in [-0.3, -0.25) is 4.79 Å². The Bertz CT molecular complexity index is 834. The lowest BCUT2D eigenvalue weighted by Gasteiger charge is -2.01. The number of ether oxygens (including phenoxy) is 2. The molecular formula is C14H9NO3S. The van der Waals surface area contributed by atoms with Crippen molar-refractivity contribution in [1.82, 2.24) is 3.96 Å². The number of nitrogens with zero attached hydrogens (tertiary/aromatic N) is 1. The maximum atomic E-state index is 12.3. The molecule has 0 N–H and O–H groups in total. The third-order valence-corrected chi connectivity index (χ3v) is 4.19. The molecule has 0 saturated heterocycles. The molecule has 0 spiro atoms. The summed E-state index contributed by atoms with van der Waals surface area (Å²) in [7, 11) is 0. The second-order valence-electron chi connectivity index (χ2n) is 4.22. The summed E-state index contributed by atoms with van der Waals surface area (Å²) in [5.74, 6) is 1.40. The molecule has 0 bridgehead atoms. The molecule has 0 fully saturated rings. The van der Waals surface area contributed by atoms with Gasteiger partial charge in [0.15, 0.2) is 11.5 Å². The minimum Gasteiger partial charge on any atom is -0.454 e. The van der Waals surface area contributed by atoms with Gasteiger partial charge in [-0.25, -0.2) is 3.96 Å². The molecule has 4 rings (SSSR count). The van der Waals surface area contributed by atoms with Crippen molar-refractivity contribution in [2.45, 2.75) is 0 Å². The zero-order chi connectivity index (χ0) is 12.8. The van der Waals surface area contributed by atoms with Gasteiger partial charge in [0.1, 0.15) is 0 Å². The Labute approximate surface area is 112 Å². The first kappa shape index (κ1) is 10.6. The fraction of sp³-hybridized carbons (Fsp3) is 0.0714. The van der Waals surface area contributed by atoms with Gasteiger partial charge in [0.2, 0.25) is 6.79 Å². The van der Waals surface area contributed by atoms with E-state index in [0.29, 0.717) is 5.75 Å². The zero-order valence-corrected chi connectivity index (χ0v) is 10.6. The van der Waals surface area contributed by atoms with Crippen molar-refractivity contribution in [3.63, 3.8) is 0 Å². The number of aromatic nitrogens is 1. The molecular weight excluding hydrogens is 262 g/mol. The Kier molecular flexibility index (Phi) is 2.16. The van der Waals surface area contributed by atoms with E-state index in [0.717, 1.165) is 21.5 Å². The average molecular weight is 271 g/mol. The van der Waals surface area contributed by atoms with E-state index in [1.807, 2.05) is 42.5 Å². The van der Waals surface area contributed by atoms with Crippen LogP contribution in [0.2, 0.25) is 0 Å². The number of benzene rings is 2. The van der Waals surface area contributed by atoms with Gasteiger partial charge in [0, 0.05) is 6.07 Å². The van der Waals surface area contributed by atoms with E-state index in [1.165, 1.54) is 11.5 Å². The third-order valence-electron chi connectivity index (χ3n) is 3.08. The van der Waals surface area contributed by atoms with Crippen LogP contribution >= 0.6 is 11.5 Å². The molecule has 0 unspecified atom stereocenters. The maximum absolute atomic E-state index is 12.3. The van der Waals surface area contributed by atoms with Crippen molar-refractivity contribution < 1.29 is 9.47 Å². The van der Waals surface area contributed by atoms with Crippen LogP contribution in [0.1, 0.15) is 0 Å². The lowest BCUT2D eigenvalue weighted by Crippen LogP contribution is -2.10. The molecule has 0 radical (unpaired) electrons. The number of hydrogen-bond acceptors (Lipinski definition) is 4. The standard InChI is InChI=1S/C14H9NO3S/c16-14-10-3-1-2-4-13(10)19-15(14)9-5-6-11-12(7-9)18-8-17-11/h1-7H,8H2. The van der Waals surface area contributed by atoms with E-state index in [2.05, 4.69) is 0 Å². The summed E-state index contributed by atoms with van der Waals surface area (Å²) in [5.41, 5.74) is 0.801. The molecule has 1 aliphatic heterocycles. The summed E-state index contributed by atoms with van der Waals surface area (Å²) in [4.78, 5) is 12.3. The Hall–Kier alpha value is -2.27. The van der Waals surface area contributed by atoms with Gasteiger partial charge in [-0.2, -0.15) is 0 Å². The maximum Gasteiger partial charge on any atom is 0.273 e. The first-order valence-electron chi connectivity index (χ1n) is 5.84. The molecule has 0 saturated carbocycles. The first-order valence-corrected chi connectivity index (χ1v) is 6.61. The van der Waals surface area contributed by atoms with Gasteiger partial charge < -0.3 is 9.47 Å². The summed E-state index contributed by atoms with van der Waals surface area (Å²) >= 11 is 1.43. The second-order valence-corrected chi connectivity index (χ2v) is 5.21. The molecule has 5 heteroatoms. The molecule has 3 aromatic rings. The highest BCUT2D eigenvalue weighted by atomic mass is 32.1. The summed E-state index contributed by atoms with van der Waals surface area (Å²) < 4.78 is 13.3. The van der Waals surface area contributed by atoms with Gasteiger partial charge in [0.25, 0.3) is 5.56 Å². The van der Waals surface area contributed by atoms with Gasteiger partial charge >= 0.3 is 0 Å². The van der Waals surface area contributed by atoms with E-state index in [9.17, 15) is 4.79 Å². The van der Waals surface area contributed by atoms with Crippen LogP contribution < -0.4 is 15.0 Å². The molecule has 0 amide bonds. The third kappa shape index (κ3) is 1.55. The van der Waals surface area contributed by atoms with Crippen molar-refractivity contribution >= 4 is 21.6 Å². The molecule has 0 aliphatic carbocycles. The first-order chi connectivity index (χ1) is 9.33. The predicted molar refractivity (Wildman–Crippen MR) is 73.5 cm³/mol. The average Bonchev–Trinajstić information content (AvgIpc) is 3.03. The van der Waals surface area contributed by atoms with Crippen LogP contribution in [0.15, 0.2) is 47.3 Å². The molecule has 2 heterocycles. The Morgan fingerprint density at radius 2 is 1.89 bits per heavy atom. The van der Waals surface area contributed by atoms with Crippen molar-refractivity contribution in [3.8, 4) is 17.2 Å². The van der Waals surface area contributed by atoms with Gasteiger partial charge in [0.05, 0.1) is 15.8 Å². The van der Waals surface area contributed by atoms with Gasteiger partial charge in [-0.15, -0.1) is 0 Å². The lowest BCUT2D eigenvalue weighted by atomic mass is 10.2. The quantitative estimate of drug-likeness (QED) is 0.683. The van der Waals surface area contributed by atoms with Crippen LogP contribution in [0, 0.1) is 0 Å². The second kappa shape index (κ2) is 3.86. The van der Waals surface area contributed by atoms with Crippen molar-refractivity contribution in [2.75, 3.05) is 6.79 Å². The molecule has 4 nitrogen and oxygen atoms in total. The van der Waals surface area contributed by atoms with Crippen molar-refractivity contribution in [3.05, 3.63) is 52.8 Å². The number of rotatable bonds is 1. The molecule has 0 atom stereocenters. The monoisotopic (exact) mass is 271 g/mol. The fourth-order valence-corrected chi connectivity index (χ4v) is 3.14. The minimum absolute atomic E-state index is 0.000495. The zero-order valence-electron chi connectivity index (χ0n) is 9.83. The largest absolute Gasteiger partial charge is 0.454 e. The smallest absolute Gasteiger partial charge is 0.273 e. The summed E-state index contributed by atoms with van der Waals surface area (Å²) in [6.07, 6.45) is 0. The normalized spacial score (nSPS) is 13.1. The Morgan fingerprint density at radius 1 is 1.05 bits per heavy atom. The molecule has 19 heavy (non-hydrogen) atoms. The topological polar surface area (TPSA) is 40.5 Å². The minimum atomic E-state index is -0.000495. The van der Waals surface area contributed by atoms with Crippen LogP contribution in [0.5, 0.6) is 11.5 Å². The summed E-state index contributed by atoms with van der Waals surface area (Å²) in [6, 6.07) is 13.1. The van der Waals surface area contributed by atoms with Crippen LogP contribution in [0.4, 0.5) is 0 Å². The van der Waals surface area contributed by atoms with Crippen LogP contribution in [-0.4, -0.2) is 10.7 Å². The molecule has 94 valence electrons. The SMILES string of the molecule is O=c1c2ccccc2sn1-c1ccc2c(c1)OCO2. The summed E-state index contributed by atoms with van der Waals surface area (Å²) in [6.45, 7) is 0.236. The van der Waals surface area contributed by atoms with E-state index < -0.39 is 0 Å². The molecule has 1 aliphatic rings. The van der Waals surface area contributed by atoms with E-state index in [-0.39, 0.29) is 12.4 Å². The fourth-order valence-electron chi connectivity index (χ4n) is 2.15. The summed E-state index contributed by atoms with van der Waals surface area (Å²) in [5, 5.41) is 0.741. The Balaban J connectivity index is 1.95. The highest BCUT2D eigenvalue weighted by Crippen LogP contribution is 2.34. The van der Waals surface area contributed by atoms with E-state index in [1.54, 1.807) is 3.96 Å². The number of fused-ring (bicyclic) bond motifs is 2. The highest BCUT2D eigenvalue weighted by molar-refractivity contribution is 7.14. The van der Waals surface area contributed by atoms with Crippen LogP contribution in [0.25, 0.3) is 15.8 Å². The highest BCUT2D eigenvalue weighted by Gasteiger charge is 2.15. The van der Waals surface area contributed by atoms with E-state index in [4.69, 9.17) is 9.47 Å². The van der Waals surface area contributed by atoms with Crippen molar-refractivity contribution in [1.29, 1.82) is 0 Å². The molecule has 2 aromatic carbocycles. The number of hydrogen-bond donors (Lipinski definition) is 0. The lowest BCUT2D eigenvalue weighted by molar-refractivity contribution is 0.174. The van der Waals surface area contributed by atoms with Crippen LogP contribution in [-0.2, 0) is 0 Å². The molecule has 1 aromatic heterocycles. The van der Waals surface area contributed by atoms with Gasteiger partial charge in [-0.05, 0) is 24.3 Å². The van der Waals surface area contributed by atoms with Crippen molar-refractivity contribution in [2.24, 2.45) is 0 Å².